The topological polar surface area (TPSA) is 112 Å². The SMILES string of the molecule is CSc1nnnn1-c1cccc(NC(=O)c2ccccc2SCc2nc(C)no2)c1. The number of nitrogens with one attached hydrogen (secondary N) is 1. The lowest BCUT2D eigenvalue weighted by molar-refractivity contribution is 0.102. The molecule has 152 valence electrons. The lowest BCUT2D eigenvalue weighted by atomic mass is 10.2. The van der Waals surface area contributed by atoms with E-state index in [1.807, 2.05) is 48.7 Å². The van der Waals surface area contributed by atoms with Crippen LogP contribution in [0.4, 0.5) is 5.69 Å². The number of aromatic nitrogens is 6. The van der Waals surface area contributed by atoms with Gasteiger partial charge in [0.1, 0.15) is 0 Å². The van der Waals surface area contributed by atoms with E-state index in [0.29, 0.717) is 33.9 Å². The van der Waals surface area contributed by atoms with Crippen molar-refractivity contribution in [1.82, 2.24) is 30.3 Å². The first-order valence-electron chi connectivity index (χ1n) is 8.89. The van der Waals surface area contributed by atoms with Crippen molar-refractivity contribution in [2.24, 2.45) is 0 Å². The molecule has 0 saturated heterocycles. The Morgan fingerprint density at radius 1 is 1.20 bits per heavy atom. The monoisotopic (exact) mass is 439 g/mol. The van der Waals surface area contributed by atoms with Crippen molar-refractivity contribution in [3.63, 3.8) is 0 Å². The highest BCUT2D eigenvalue weighted by Gasteiger charge is 2.14. The number of tetrazole rings is 1. The van der Waals surface area contributed by atoms with E-state index >= 15 is 0 Å². The molecule has 4 rings (SSSR count). The summed E-state index contributed by atoms with van der Waals surface area (Å²) in [6.45, 7) is 1.77. The molecule has 2 aromatic carbocycles. The predicted octanol–water partition coefficient (Wildman–Crippen LogP) is 3.62. The van der Waals surface area contributed by atoms with Crippen LogP contribution in [0.1, 0.15) is 22.1 Å². The maximum absolute atomic E-state index is 12.9. The van der Waals surface area contributed by atoms with Crippen LogP contribution in [-0.2, 0) is 5.75 Å². The van der Waals surface area contributed by atoms with Gasteiger partial charge in [-0.25, -0.2) is 0 Å². The molecule has 9 nitrogen and oxygen atoms in total. The fourth-order valence-electron chi connectivity index (χ4n) is 2.70. The molecular formula is C19H17N7O2S2. The van der Waals surface area contributed by atoms with Gasteiger partial charge in [-0.2, -0.15) is 9.67 Å². The van der Waals surface area contributed by atoms with Crippen LogP contribution in [0.3, 0.4) is 0 Å². The Balaban J connectivity index is 1.51. The van der Waals surface area contributed by atoms with Gasteiger partial charge < -0.3 is 9.84 Å². The smallest absolute Gasteiger partial charge is 0.256 e. The van der Waals surface area contributed by atoms with E-state index in [-0.39, 0.29) is 5.91 Å². The maximum atomic E-state index is 12.9. The summed E-state index contributed by atoms with van der Waals surface area (Å²) in [7, 11) is 0. The molecule has 1 N–H and O–H groups in total. The van der Waals surface area contributed by atoms with E-state index in [2.05, 4.69) is 31.0 Å². The van der Waals surface area contributed by atoms with Gasteiger partial charge in [0, 0.05) is 10.6 Å². The molecule has 1 amide bonds. The van der Waals surface area contributed by atoms with Crippen LogP contribution in [0.15, 0.2) is 63.1 Å². The highest BCUT2D eigenvalue weighted by molar-refractivity contribution is 7.98. The fourth-order valence-corrected chi connectivity index (χ4v) is 4.02. The zero-order valence-corrected chi connectivity index (χ0v) is 17.8. The summed E-state index contributed by atoms with van der Waals surface area (Å²) in [5.74, 6) is 1.38. The number of rotatable bonds is 7. The summed E-state index contributed by atoms with van der Waals surface area (Å²) >= 11 is 2.91. The second-order valence-corrected chi connectivity index (χ2v) is 7.89. The zero-order chi connectivity index (χ0) is 20.9. The van der Waals surface area contributed by atoms with Crippen LogP contribution in [0.25, 0.3) is 5.69 Å². The molecule has 0 aliphatic rings. The van der Waals surface area contributed by atoms with E-state index in [1.165, 1.54) is 23.5 Å². The van der Waals surface area contributed by atoms with Gasteiger partial charge in [-0.1, -0.05) is 35.1 Å². The number of anilines is 1. The number of hydrogen-bond donors (Lipinski definition) is 1. The minimum atomic E-state index is -0.209. The number of carbonyl (C=O) groups excluding carboxylic acids is 1. The molecule has 0 bridgehead atoms. The van der Waals surface area contributed by atoms with Crippen molar-refractivity contribution in [1.29, 1.82) is 0 Å². The van der Waals surface area contributed by atoms with Gasteiger partial charge in [0.05, 0.1) is 17.0 Å². The molecule has 0 aliphatic heterocycles. The molecule has 0 aliphatic carbocycles. The van der Waals surface area contributed by atoms with Crippen molar-refractivity contribution in [2.75, 3.05) is 11.6 Å². The summed E-state index contributed by atoms with van der Waals surface area (Å²) in [4.78, 5) is 18.0. The first-order chi connectivity index (χ1) is 14.6. The van der Waals surface area contributed by atoms with E-state index in [1.54, 1.807) is 17.7 Å². The van der Waals surface area contributed by atoms with Gasteiger partial charge in [0.25, 0.3) is 5.91 Å². The van der Waals surface area contributed by atoms with Crippen LogP contribution in [0.2, 0.25) is 0 Å². The van der Waals surface area contributed by atoms with Crippen molar-refractivity contribution in [2.45, 2.75) is 22.7 Å². The quantitative estimate of drug-likeness (QED) is 0.431. The Bertz CT molecular complexity index is 1170. The average Bonchev–Trinajstić information content (AvgIpc) is 3.41. The highest BCUT2D eigenvalue weighted by Crippen LogP contribution is 2.27. The summed E-state index contributed by atoms with van der Waals surface area (Å²) in [6.07, 6.45) is 1.90. The van der Waals surface area contributed by atoms with Gasteiger partial charge in [0.2, 0.25) is 11.0 Å². The lowest BCUT2D eigenvalue weighted by Gasteiger charge is -2.10. The standard InChI is InChI=1S/C19H17N7O2S2/c1-12-20-17(28-23-12)11-30-16-9-4-3-8-15(16)18(27)21-13-6-5-7-14(10-13)26-19(29-2)22-24-25-26/h3-10H,11H2,1-2H3,(H,21,27). The van der Waals surface area contributed by atoms with Crippen LogP contribution in [-0.4, -0.2) is 42.5 Å². The van der Waals surface area contributed by atoms with Gasteiger partial charge in [-0.05, 0) is 53.9 Å². The van der Waals surface area contributed by atoms with Gasteiger partial charge in [0.15, 0.2) is 5.82 Å². The number of amides is 1. The third-order valence-electron chi connectivity index (χ3n) is 4.02. The lowest BCUT2D eigenvalue weighted by Crippen LogP contribution is -2.13. The minimum absolute atomic E-state index is 0.209. The molecule has 0 saturated carbocycles. The molecule has 0 radical (unpaired) electrons. The van der Waals surface area contributed by atoms with Crippen molar-refractivity contribution < 1.29 is 9.32 Å². The van der Waals surface area contributed by atoms with Crippen molar-refractivity contribution >= 4 is 35.1 Å². The highest BCUT2D eigenvalue weighted by atomic mass is 32.2. The van der Waals surface area contributed by atoms with Gasteiger partial charge >= 0.3 is 0 Å². The third kappa shape index (κ3) is 4.52. The summed E-state index contributed by atoms with van der Waals surface area (Å²) in [5, 5.41) is 19.1. The van der Waals surface area contributed by atoms with E-state index in [0.717, 1.165) is 10.6 Å². The number of aryl methyl sites for hydroxylation is 1. The molecule has 2 aromatic heterocycles. The molecule has 0 unspecified atom stereocenters. The van der Waals surface area contributed by atoms with Crippen molar-refractivity contribution in [3.05, 3.63) is 65.8 Å². The largest absolute Gasteiger partial charge is 0.338 e. The van der Waals surface area contributed by atoms with Gasteiger partial charge in [-0.15, -0.1) is 16.9 Å². The Morgan fingerprint density at radius 3 is 2.87 bits per heavy atom. The molecule has 4 aromatic rings. The second-order valence-electron chi connectivity index (χ2n) is 6.10. The molecule has 30 heavy (non-hydrogen) atoms. The number of nitrogens with zero attached hydrogens (tertiary/aromatic N) is 6. The van der Waals surface area contributed by atoms with Crippen molar-refractivity contribution in [3.8, 4) is 5.69 Å². The Hall–Kier alpha value is -3.18. The summed E-state index contributed by atoms with van der Waals surface area (Å²) in [6, 6.07) is 14.8. The number of benzene rings is 2. The molecular weight excluding hydrogens is 422 g/mol. The van der Waals surface area contributed by atoms with Crippen LogP contribution < -0.4 is 5.32 Å². The number of thioether (sulfide) groups is 2. The van der Waals surface area contributed by atoms with Crippen LogP contribution in [0.5, 0.6) is 0 Å². The normalized spacial score (nSPS) is 10.9. The molecule has 2 heterocycles. The van der Waals surface area contributed by atoms with E-state index in [9.17, 15) is 4.79 Å². The Labute approximate surface area is 180 Å². The number of hydrogen-bond acceptors (Lipinski definition) is 9. The number of carbonyl (C=O) groups is 1. The summed E-state index contributed by atoms with van der Waals surface area (Å²) < 4.78 is 6.77. The van der Waals surface area contributed by atoms with Crippen LogP contribution >= 0.6 is 23.5 Å². The molecule has 11 heteroatoms. The minimum Gasteiger partial charge on any atom is -0.338 e. The zero-order valence-electron chi connectivity index (χ0n) is 16.1. The van der Waals surface area contributed by atoms with E-state index < -0.39 is 0 Å². The average molecular weight is 440 g/mol. The Kier molecular flexibility index (Phi) is 6.10. The maximum Gasteiger partial charge on any atom is 0.256 e. The summed E-state index contributed by atoms with van der Waals surface area (Å²) in [5.41, 5.74) is 1.97. The predicted molar refractivity (Wildman–Crippen MR) is 114 cm³/mol. The second kappa shape index (κ2) is 9.09. The molecule has 0 spiro atoms. The first-order valence-corrected chi connectivity index (χ1v) is 11.1. The molecule has 0 atom stereocenters. The van der Waals surface area contributed by atoms with E-state index in [4.69, 9.17) is 4.52 Å². The van der Waals surface area contributed by atoms with Gasteiger partial charge in [-0.3, -0.25) is 4.79 Å². The fraction of sp³-hybridized carbons (Fsp3) is 0.158. The Morgan fingerprint density at radius 2 is 2.07 bits per heavy atom. The first kappa shape index (κ1) is 20.1. The third-order valence-corrected chi connectivity index (χ3v) is 5.70. The van der Waals surface area contributed by atoms with Crippen LogP contribution in [0, 0.1) is 6.92 Å². The molecule has 0 fully saturated rings.